The van der Waals surface area contributed by atoms with Gasteiger partial charge in [-0.15, -0.1) is 0 Å². The zero-order valence-corrected chi connectivity index (χ0v) is 8.48. The molecule has 0 saturated carbocycles. The molecule has 0 bridgehead atoms. The van der Waals surface area contributed by atoms with Crippen molar-refractivity contribution in [3.05, 3.63) is 0 Å². The Balaban J connectivity index is 2.47. The van der Waals surface area contributed by atoms with E-state index in [9.17, 15) is 4.21 Å². The smallest absolute Gasteiger partial charge is 0.0910 e. The summed E-state index contributed by atoms with van der Waals surface area (Å²) >= 11 is 0. The maximum absolute atomic E-state index is 11.2. The fourth-order valence-corrected chi connectivity index (χ4v) is 2.42. The molecule has 0 aromatic heterocycles. The molecule has 0 aromatic rings. The normalized spacial score (nSPS) is 29.7. The molecule has 1 rings (SSSR count). The molecular formula is C8H18N2OS. The lowest BCUT2D eigenvalue weighted by Crippen LogP contribution is -2.32. The van der Waals surface area contributed by atoms with Crippen LogP contribution in [-0.4, -0.2) is 34.4 Å². The van der Waals surface area contributed by atoms with E-state index in [1.807, 2.05) is 4.31 Å². The summed E-state index contributed by atoms with van der Waals surface area (Å²) in [5.41, 5.74) is 5.61. The summed E-state index contributed by atoms with van der Waals surface area (Å²) in [5, 5.41) is 0. The van der Waals surface area contributed by atoms with Crippen molar-refractivity contribution >= 4 is 11.0 Å². The van der Waals surface area contributed by atoms with E-state index in [-0.39, 0.29) is 0 Å². The van der Waals surface area contributed by atoms with E-state index in [4.69, 9.17) is 5.73 Å². The zero-order valence-electron chi connectivity index (χ0n) is 7.66. The Morgan fingerprint density at radius 1 is 1.58 bits per heavy atom. The SMILES string of the molecule is CS(=O)N1CCCCC(CN)C1. The van der Waals surface area contributed by atoms with Crippen molar-refractivity contribution in [2.45, 2.75) is 19.3 Å². The number of nitrogens with two attached hydrogens (primary N) is 1. The lowest BCUT2D eigenvalue weighted by Gasteiger charge is -2.20. The highest BCUT2D eigenvalue weighted by Crippen LogP contribution is 2.15. The third kappa shape index (κ3) is 2.84. The Hall–Kier alpha value is 0.0700. The minimum Gasteiger partial charge on any atom is -0.330 e. The van der Waals surface area contributed by atoms with E-state index in [0.29, 0.717) is 5.92 Å². The van der Waals surface area contributed by atoms with Gasteiger partial charge in [-0.1, -0.05) is 6.42 Å². The molecule has 1 heterocycles. The van der Waals surface area contributed by atoms with Gasteiger partial charge >= 0.3 is 0 Å². The van der Waals surface area contributed by atoms with Gasteiger partial charge in [0.15, 0.2) is 0 Å². The number of hydrogen-bond donors (Lipinski definition) is 1. The lowest BCUT2D eigenvalue weighted by atomic mass is 10.0. The van der Waals surface area contributed by atoms with Crippen LogP contribution in [0.4, 0.5) is 0 Å². The van der Waals surface area contributed by atoms with Crippen LogP contribution in [0, 0.1) is 5.92 Å². The molecule has 2 N–H and O–H groups in total. The molecule has 0 radical (unpaired) electrons. The Labute approximate surface area is 76.9 Å². The number of hydrogen-bond acceptors (Lipinski definition) is 2. The molecule has 1 fully saturated rings. The van der Waals surface area contributed by atoms with E-state index in [0.717, 1.165) is 26.1 Å². The fraction of sp³-hybridized carbons (Fsp3) is 1.00. The third-order valence-corrected chi connectivity index (χ3v) is 3.49. The molecule has 3 nitrogen and oxygen atoms in total. The first kappa shape index (κ1) is 10.2. The predicted molar refractivity (Wildman–Crippen MR) is 52.0 cm³/mol. The second kappa shape index (κ2) is 4.94. The summed E-state index contributed by atoms with van der Waals surface area (Å²) in [6.45, 7) is 2.62. The van der Waals surface area contributed by atoms with E-state index < -0.39 is 11.0 Å². The van der Waals surface area contributed by atoms with Crippen molar-refractivity contribution in [3.63, 3.8) is 0 Å². The molecule has 1 aliphatic rings. The molecule has 0 aromatic carbocycles. The van der Waals surface area contributed by atoms with Gasteiger partial charge in [-0.05, 0) is 25.3 Å². The van der Waals surface area contributed by atoms with Crippen LogP contribution in [0.3, 0.4) is 0 Å². The van der Waals surface area contributed by atoms with Crippen molar-refractivity contribution in [1.29, 1.82) is 0 Å². The Morgan fingerprint density at radius 2 is 2.33 bits per heavy atom. The highest BCUT2D eigenvalue weighted by atomic mass is 32.2. The van der Waals surface area contributed by atoms with Crippen LogP contribution in [-0.2, 0) is 11.0 Å². The van der Waals surface area contributed by atoms with Gasteiger partial charge in [0.1, 0.15) is 0 Å². The number of rotatable bonds is 2. The summed E-state index contributed by atoms with van der Waals surface area (Å²) in [4.78, 5) is 0. The minimum absolute atomic E-state index is 0.552. The second-order valence-electron chi connectivity index (χ2n) is 3.41. The molecule has 0 aliphatic carbocycles. The summed E-state index contributed by atoms with van der Waals surface area (Å²) in [6, 6.07) is 0. The van der Waals surface area contributed by atoms with E-state index in [1.54, 1.807) is 6.26 Å². The minimum atomic E-state index is -0.808. The average molecular weight is 190 g/mol. The quantitative estimate of drug-likeness (QED) is 0.682. The Bertz CT molecular complexity index is 163. The molecule has 4 heteroatoms. The van der Waals surface area contributed by atoms with E-state index in [1.165, 1.54) is 12.8 Å². The van der Waals surface area contributed by atoms with E-state index in [2.05, 4.69) is 0 Å². The van der Waals surface area contributed by atoms with Gasteiger partial charge in [-0.3, -0.25) is 0 Å². The Morgan fingerprint density at radius 3 is 2.92 bits per heavy atom. The largest absolute Gasteiger partial charge is 0.330 e. The molecule has 72 valence electrons. The first-order valence-electron chi connectivity index (χ1n) is 4.52. The van der Waals surface area contributed by atoms with Crippen molar-refractivity contribution in [1.82, 2.24) is 4.31 Å². The second-order valence-corrected chi connectivity index (χ2v) is 4.77. The van der Waals surface area contributed by atoms with Gasteiger partial charge in [-0.25, -0.2) is 8.51 Å². The van der Waals surface area contributed by atoms with Crippen molar-refractivity contribution < 1.29 is 4.21 Å². The monoisotopic (exact) mass is 190 g/mol. The van der Waals surface area contributed by atoms with Crippen LogP contribution in [0.25, 0.3) is 0 Å². The molecular weight excluding hydrogens is 172 g/mol. The first-order valence-corrected chi connectivity index (χ1v) is 6.04. The molecule has 2 unspecified atom stereocenters. The van der Waals surface area contributed by atoms with Crippen molar-refractivity contribution in [3.8, 4) is 0 Å². The molecule has 1 aliphatic heterocycles. The van der Waals surface area contributed by atoms with E-state index >= 15 is 0 Å². The van der Waals surface area contributed by atoms with Crippen LogP contribution in [0.5, 0.6) is 0 Å². The van der Waals surface area contributed by atoms with Crippen molar-refractivity contribution in [2.24, 2.45) is 11.7 Å². The summed E-state index contributed by atoms with van der Waals surface area (Å²) in [7, 11) is -0.808. The van der Waals surface area contributed by atoms with Crippen LogP contribution in [0.2, 0.25) is 0 Å². The summed E-state index contributed by atoms with van der Waals surface area (Å²) < 4.78 is 13.2. The molecule has 2 atom stereocenters. The van der Waals surface area contributed by atoms with Crippen LogP contribution in [0.1, 0.15) is 19.3 Å². The highest BCUT2D eigenvalue weighted by Gasteiger charge is 2.18. The Kier molecular flexibility index (Phi) is 4.18. The lowest BCUT2D eigenvalue weighted by molar-refractivity contribution is 0.390. The van der Waals surface area contributed by atoms with Gasteiger partial charge in [0, 0.05) is 19.3 Å². The highest BCUT2D eigenvalue weighted by molar-refractivity contribution is 7.81. The van der Waals surface area contributed by atoms with Gasteiger partial charge in [0.05, 0.1) is 11.0 Å². The molecule has 1 saturated heterocycles. The molecule has 12 heavy (non-hydrogen) atoms. The van der Waals surface area contributed by atoms with Crippen LogP contribution >= 0.6 is 0 Å². The number of nitrogens with zero attached hydrogens (tertiary/aromatic N) is 1. The van der Waals surface area contributed by atoms with Crippen LogP contribution < -0.4 is 5.73 Å². The summed E-state index contributed by atoms with van der Waals surface area (Å²) in [6.07, 6.45) is 5.34. The molecule has 0 amide bonds. The maximum Gasteiger partial charge on any atom is 0.0910 e. The van der Waals surface area contributed by atoms with Crippen LogP contribution in [0.15, 0.2) is 0 Å². The van der Waals surface area contributed by atoms with Crippen molar-refractivity contribution in [2.75, 3.05) is 25.9 Å². The maximum atomic E-state index is 11.2. The zero-order chi connectivity index (χ0) is 8.97. The third-order valence-electron chi connectivity index (χ3n) is 2.43. The van der Waals surface area contributed by atoms with Gasteiger partial charge in [0.25, 0.3) is 0 Å². The average Bonchev–Trinajstić information content (AvgIpc) is 2.28. The van der Waals surface area contributed by atoms with Gasteiger partial charge in [0.2, 0.25) is 0 Å². The molecule has 0 spiro atoms. The first-order chi connectivity index (χ1) is 5.74. The standard InChI is InChI=1S/C8H18N2OS/c1-12(11)10-5-3-2-4-8(6-9)7-10/h8H,2-7,9H2,1H3. The van der Waals surface area contributed by atoms with Gasteiger partial charge < -0.3 is 5.73 Å². The van der Waals surface area contributed by atoms with Gasteiger partial charge in [-0.2, -0.15) is 0 Å². The summed E-state index contributed by atoms with van der Waals surface area (Å²) in [5.74, 6) is 0.552. The topological polar surface area (TPSA) is 46.3 Å². The predicted octanol–water partition coefficient (Wildman–Crippen LogP) is 0.341. The fourth-order valence-electron chi connectivity index (χ4n) is 1.62.